The van der Waals surface area contributed by atoms with Crippen LogP contribution in [0.5, 0.6) is 0 Å². The largest absolute Gasteiger partial charge is 0.369 e. The second-order valence-corrected chi connectivity index (χ2v) is 8.33. The van der Waals surface area contributed by atoms with E-state index in [1.165, 1.54) is 0 Å². The molecule has 2 saturated heterocycles. The first-order valence-electron chi connectivity index (χ1n) is 10.8. The zero-order valence-electron chi connectivity index (χ0n) is 17.5. The average molecular weight is 421 g/mol. The second kappa shape index (κ2) is 9.31. The Kier molecular flexibility index (Phi) is 6.32. The molecule has 1 unspecified atom stereocenters. The van der Waals surface area contributed by atoms with Crippen molar-refractivity contribution in [1.29, 1.82) is 0 Å². The molecule has 3 N–H and O–H groups in total. The van der Waals surface area contributed by atoms with Crippen molar-refractivity contribution < 1.29 is 14.4 Å². The molecule has 2 aromatic rings. The minimum Gasteiger partial charge on any atom is -0.369 e. The van der Waals surface area contributed by atoms with Gasteiger partial charge >= 0.3 is 0 Å². The summed E-state index contributed by atoms with van der Waals surface area (Å²) in [6.07, 6.45) is 3.25. The van der Waals surface area contributed by atoms with E-state index in [0.29, 0.717) is 30.8 Å². The molecular weight excluding hydrogens is 392 g/mol. The number of nitrogens with zero attached hydrogens (tertiary/aromatic N) is 2. The van der Waals surface area contributed by atoms with Crippen LogP contribution in [0.2, 0.25) is 0 Å². The summed E-state index contributed by atoms with van der Waals surface area (Å²) in [5.74, 6) is -0.398. The van der Waals surface area contributed by atoms with Crippen LogP contribution >= 0.6 is 0 Å². The number of nitrogens with two attached hydrogens (primary N) is 1. The van der Waals surface area contributed by atoms with Crippen LogP contribution in [0.3, 0.4) is 0 Å². The van der Waals surface area contributed by atoms with Crippen molar-refractivity contribution in [2.75, 3.05) is 29.9 Å². The summed E-state index contributed by atoms with van der Waals surface area (Å²) in [4.78, 5) is 40.1. The molecule has 0 spiro atoms. The third-order valence-electron chi connectivity index (χ3n) is 6.02. The van der Waals surface area contributed by atoms with Crippen molar-refractivity contribution >= 4 is 29.1 Å². The van der Waals surface area contributed by atoms with Gasteiger partial charge in [0, 0.05) is 43.0 Å². The molecule has 0 aromatic heterocycles. The fourth-order valence-corrected chi connectivity index (χ4v) is 4.32. The summed E-state index contributed by atoms with van der Waals surface area (Å²) in [7, 11) is 0. The van der Waals surface area contributed by atoms with Crippen molar-refractivity contribution in [3.8, 4) is 0 Å². The standard InChI is InChI=1S/C24H28N4O3/c25-23(30)19-5-2-12-27(16-19)15-17-8-10-20(11-9-17)26-24(31)18-4-1-6-21(14-18)28-13-3-7-22(28)29/h1,4,6,8-11,14,19H,2-3,5,7,12-13,15-16H2,(H2,25,30)(H,26,31). The third-order valence-corrected chi connectivity index (χ3v) is 6.02. The molecule has 0 bridgehead atoms. The number of piperidine rings is 1. The van der Waals surface area contributed by atoms with Crippen molar-refractivity contribution in [2.24, 2.45) is 11.7 Å². The molecule has 0 radical (unpaired) electrons. The Bertz CT molecular complexity index is 973. The van der Waals surface area contributed by atoms with E-state index >= 15 is 0 Å². The van der Waals surface area contributed by atoms with Gasteiger partial charge in [-0.3, -0.25) is 19.3 Å². The number of anilines is 2. The monoisotopic (exact) mass is 420 g/mol. The highest BCUT2D eigenvalue weighted by molar-refractivity contribution is 6.05. The van der Waals surface area contributed by atoms with Gasteiger partial charge < -0.3 is 16.0 Å². The first-order chi connectivity index (χ1) is 15.0. The molecule has 2 fully saturated rings. The second-order valence-electron chi connectivity index (χ2n) is 8.33. The van der Waals surface area contributed by atoms with Gasteiger partial charge in [0.05, 0.1) is 5.92 Å². The maximum Gasteiger partial charge on any atom is 0.255 e. The van der Waals surface area contributed by atoms with Gasteiger partial charge in [-0.2, -0.15) is 0 Å². The minimum absolute atomic E-state index is 0.0704. The van der Waals surface area contributed by atoms with Crippen LogP contribution in [-0.2, 0) is 16.1 Å². The van der Waals surface area contributed by atoms with Crippen molar-refractivity contribution in [2.45, 2.75) is 32.2 Å². The lowest BCUT2D eigenvalue weighted by Gasteiger charge is -2.31. The van der Waals surface area contributed by atoms with Crippen LogP contribution in [-0.4, -0.2) is 42.3 Å². The summed E-state index contributed by atoms with van der Waals surface area (Å²) in [6, 6.07) is 14.9. The van der Waals surface area contributed by atoms with E-state index in [2.05, 4.69) is 10.2 Å². The zero-order valence-corrected chi connectivity index (χ0v) is 17.5. The molecule has 0 aliphatic carbocycles. The molecule has 31 heavy (non-hydrogen) atoms. The lowest BCUT2D eigenvalue weighted by molar-refractivity contribution is -0.123. The Balaban J connectivity index is 1.36. The smallest absolute Gasteiger partial charge is 0.255 e. The number of hydrogen-bond acceptors (Lipinski definition) is 4. The average Bonchev–Trinajstić information content (AvgIpc) is 3.21. The first kappa shape index (κ1) is 21.1. The lowest BCUT2D eigenvalue weighted by Crippen LogP contribution is -2.40. The van der Waals surface area contributed by atoms with Crippen LogP contribution in [0.1, 0.15) is 41.6 Å². The summed E-state index contributed by atoms with van der Waals surface area (Å²) in [5, 5.41) is 2.92. The van der Waals surface area contributed by atoms with Crippen LogP contribution in [0.4, 0.5) is 11.4 Å². The van der Waals surface area contributed by atoms with E-state index in [-0.39, 0.29) is 23.6 Å². The summed E-state index contributed by atoms with van der Waals surface area (Å²) >= 11 is 0. The number of carbonyl (C=O) groups is 3. The molecule has 0 saturated carbocycles. The molecule has 7 nitrogen and oxygen atoms in total. The van der Waals surface area contributed by atoms with E-state index in [0.717, 1.165) is 43.6 Å². The van der Waals surface area contributed by atoms with Crippen molar-refractivity contribution in [3.63, 3.8) is 0 Å². The number of nitrogens with one attached hydrogen (secondary N) is 1. The molecule has 4 rings (SSSR count). The van der Waals surface area contributed by atoms with Gasteiger partial charge in [-0.25, -0.2) is 0 Å². The van der Waals surface area contributed by atoms with E-state index in [9.17, 15) is 14.4 Å². The number of benzene rings is 2. The number of amides is 3. The Labute approximate surface area is 182 Å². The topological polar surface area (TPSA) is 95.7 Å². The fraction of sp³-hybridized carbons (Fsp3) is 0.375. The molecule has 1 atom stereocenters. The Hall–Kier alpha value is -3.19. The van der Waals surface area contributed by atoms with E-state index in [1.807, 2.05) is 30.3 Å². The first-order valence-corrected chi connectivity index (χ1v) is 10.8. The van der Waals surface area contributed by atoms with Gasteiger partial charge in [0.25, 0.3) is 5.91 Å². The third kappa shape index (κ3) is 5.11. The van der Waals surface area contributed by atoms with Crippen LogP contribution in [0, 0.1) is 5.92 Å². The van der Waals surface area contributed by atoms with Crippen LogP contribution in [0.15, 0.2) is 48.5 Å². The van der Waals surface area contributed by atoms with Gasteiger partial charge in [0.15, 0.2) is 0 Å². The number of hydrogen-bond donors (Lipinski definition) is 2. The molecule has 7 heteroatoms. The quantitative estimate of drug-likeness (QED) is 0.751. The normalized spacial score (nSPS) is 19.4. The van der Waals surface area contributed by atoms with E-state index in [4.69, 9.17) is 5.73 Å². The molecule has 2 aliphatic rings. The van der Waals surface area contributed by atoms with Gasteiger partial charge in [-0.05, 0) is 61.7 Å². The summed E-state index contributed by atoms with van der Waals surface area (Å²) < 4.78 is 0. The predicted molar refractivity (Wildman–Crippen MR) is 120 cm³/mol. The maximum absolute atomic E-state index is 12.7. The molecule has 3 amide bonds. The molecule has 2 aliphatic heterocycles. The maximum atomic E-state index is 12.7. The van der Waals surface area contributed by atoms with Gasteiger partial charge in [0.1, 0.15) is 0 Å². The number of primary amides is 1. The van der Waals surface area contributed by atoms with E-state index in [1.54, 1.807) is 23.1 Å². The fourth-order valence-electron chi connectivity index (χ4n) is 4.32. The lowest BCUT2D eigenvalue weighted by atomic mass is 9.97. The Morgan fingerprint density at radius 3 is 2.58 bits per heavy atom. The highest BCUT2D eigenvalue weighted by atomic mass is 16.2. The SMILES string of the molecule is NC(=O)C1CCCN(Cc2ccc(NC(=O)c3cccc(N4CCCC4=O)c3)cc2)C1. The van der Waals surface area contributed by atoms with Gasteiger partial charge in [0.2, 0.25) is 11.8 Å². The summed E-state index contributed by atoms with van der Waals surface area (Å²) in [6.45, 7) is 3.11. The van der Waals surface area contributed by atoms with Crippen LogP contribution < -0.4 is 16.0 Å². The Morgan fingerprint density at radius 2 is 1.87 bits per heavy atom. The number of rotatable bonds is 6. The molecular formula is C24H28N4O3. The molecule has 162 valence electrons. The Morgan fingerprint density at radius 1 is 1.06 bits per heavy atom. The van der Waals surface area contributed by atoms with Gasteiger partial charge in [-0.1, -0.05) is 18.2 Å². The van der Waals surface area contributed by atoms with Crippen molar-refractivity contribution in [3.05, 3.63) is 59.7 Å². The zero-order chi connectivity index (χ0) is 21.8. The highest BCUT2D eigenvalue weighted by Gasteiger charge is 2.24. The van der Waals surface area contributed by atoms with Gasteiger partial charge in [-0.15, -0.1) is 0 Å². The van der Waals surface area contributed by atoms with E-state index < -0.39 is 0 Å². The van der Waals surface area contributed by atoms with Crippen molar-refractivity contribution in [1.82, 2.24) is 4.90 Å². The minimum atomic E-state index is -0.221. The molecule has 2 aromatic carbocycles. The number of likely N-dealkylation sites (tertiary alicyclic amines) is 1. The summed E-state index contributed by atoms with van der Waals surface area (Å²) in [5.41, 5.74) is 8.58. The predicted octanol–water partition coefficient (Wildman–Crippen LogP) is 2.76. The van der Waals surface area contributed by atoms with Crippen LogP contribution in [0.25, 0.3) is 0 Å². The molecule has 2 heterocycles. The number of carbonyl (C=O) groups excluding carboxylic acids is 3. The highest BCUT2D eigenvalue weighted by Crippen LogP contribution is 2.23.